The predicted molar refractivity (Wildman–Crippen MR) is 78.1 cm³/mol. The number of piperidine rings is 1. The highest BCUT2D eigenvalue weighted by molar-refractivity contribution is 7.11. The molecule has 102 valence electrons. The molecule has 2 unspecified atom stereocenters. The van der Waals surface area contributed by atoms with Crippen LogP contribution >= 0.6 is 11.3 Å². The van der Waals surface area contributed by atoms with Crippen LogP contribution in [0.4, 0.5) is 0 Å². The second-order valence-electron chi connectivity index (χ2n) is 5.27. The lowest BCUT2D eigenvalue weighted by molar-refractivity contribution is 0.370. The van der Waals surface area contributed by atoms with Gasteiger partial charge in [0, 0.05) is 17.1 Å². The second-order valence-corrected chi connectivity index (χ2v) is 6.54. The van der Waals surface area contributed by atoms with Gasteiger partial charge < -0.3 is 10.6 Å². The lowest BCUT2D eigenvalue weighted by Gasteiger charge is -2.23. The summed E-state index contributed by atoms with van der Waals surface area (Å²) in [5.41, 5.74) is 0. The molecular formula is C14H25N3S. The highest BCUT2D eigenvalue weighted by Crippen LogP contribution is 2.19. The standard InChI is InChI=1S/C14H25N3S/c1-11-10-17-14(18-11)12(2)15-9-5-7-13-6-3-4-8-16-13/h10,12-13,15-16H,3-9H2,1-2H3. The Morgan fingerprint density at radius 2 is 2.44 bits per heavy atom. The lowest BCUT2D eigenvalue weighted by atomic mass is 10.0. The molecule has 2 N–H and O–H groups in total. The molecule has 4 heteroatoms. The molecule has 1 saturated heterocycles. The van der Waals surface area contributed by atoms with Gasteiger partial charge in [0.05, 0.1) is 6.04 Å². The molecule has 0 saturated carbocycles. The maximum Gasteiger partial charge on any atom is 0.109 e. The second kappa shape index (κ2) is 7.22. The molecule has 2 atom stereocenters. The summed E-state index contributed by atoms with van der Waals surface area (Å²) in [6.45, 7) is 6.63. The van der Waals surface area contributed by atoms with Crippen molar-refractivity contribution in [1.29, 1.82) is 0 Å². The summed E-state index contributed by atoms with van der Waals surface area (Å²) in [6, 6.07) is 1.15. The number of hydrogen-bond donors (Lipinski definition) is 2. The highest BCUT2D eigenvalue weighted by atomic mass is 32.1. The minimum Gasteiger partial charge on any atom is -0.314 e. The van der Waals surface area contributed by atoms with Gasteiger partial charge in [0.2, 0.25) is 0 Å². The van der Waals surface area contributed by atoms with Crippen LogP contribution in [0.5, 0.6) is 0 Å². The molecule has 0 aromatic carbocycles. The molecule has 1 aliphatic heterocycles. The molecule has 0 bridgehead atoms. The first-order valence-electron chi connectivity index (χ1n) is 7.15. The van der Waals surface area contributed by atoms with Gasteiger partial charge in [0.25, 0.3) is 0 Å². The third-order valence-electron chi connectivity index (χ3n) is 3.60. The van der Waals surface area contributed by atoms with Crippen molar-refractivity contribution in [3.8, 4) is 0 Å². The van der Waals surface area contributed by atoms with Crippen LogP contribution in [0.1, 0.15) is 55.0 Å². The van der Waals surface area contributed by atoms with Gasteiger partial charge in [-0.05, 0) is 52.6 Å². The number of nitrogens with zero attached hydrogens (tertiary/aromatic N) is 1. The minimum absolute atomic E-state index is 0.392. The summed E-state index contributed by atoms with van der Waals surface area (Å²) in [5.74, 6) is 0. The van der Waals surface area contributed by atoms with Crippen molar-refractivity contribution in [3.63, 3.8) is 0 Å². The third-order valence-corrected chi connectivity index (χ3v) is 4.70. The van der Waals surface area contributed by atoms with E-state index in [0.717, 1.165) is 12.6 Å². The van der Waals surface area contributed by atoms with Crippen LogP contribution in [0.25, 0.3) is 0 Å². The molecule has 2 heterocycles. The summed E-state index contributed by atoms with van der Waals surface area (Å²) in [5, 5.41) is 8.39. The molecule has 0 aliphatic carbocycles. The summed E-state index contributed by atoms with van der Waals surface area (Å²) < 4.78 is 0. The van der Waals surface area contributed by atoms with Crippen molar-refractivity contribution >= 4 is 11.3 Å². The van der Waals surface area contributed by atoms with Crippen molar-refractivity contribution in [2.45, 2.75) is 58.0 Å². The monoisotopic (exact) mass is 267 g/mol. The summed E-state index contributed by atoms with van der Waals surface area (Å²) >= 11 is 1.80. The number of aromatic nitrogens is 1. The van der Waals surface area contributed by atoms with Crippen LogP contribution in [0, 0.1) is 6.92 Å². The maximum atomic E-state index is 4.43. The normalized spacial score (nSPS) is 22.0. The van der Waals surface area contributed by atoms with Crippen molar-refractivity contribution in [2.24, 2.45) is 0 Å². The Hall–Kier alpha value is -0.450. The maximum absolute atomic E-state index is 4.43. The van der Waals surface area contributed by atoms with Gasteiger partial charge in [0.1, 0.15) is 5.01 Å². The summed E-state index contributed by atoms with van der Waals surface area (Å²) in [7, 11) is 0. The van der Waals surface area contributed by atoms with Crippen LogP contribution in [0.2, 0.25) is 0 Å². The van der Waals surface area contributed by atoms with Gasteiger partial charge >= 0.3 is 0 Å². The van der Waals surface area contributed by atoms with E-state index in [1.54, 1.807) is 11.3 Å². The Morgan fingerprint density at radius 3 is 3.11 bits per heavy atom. The fourth-order valence-electron chi connectivity index (χ4n) is 2.50. The first-order valence-corrected chi connectivity index (χ1v) is 7.96. The van der Waals surface area contributed by atoms with Crippen LogP contribution < -0.4 is 10.6 Å². The van der Waals surface area contributed by atoms with E-state index in [4.69, 9.17) is 0 Å². The quantitative estimate of drug-likeness (QED) is 0.778. The van der Waals surface area contributed by atoms with E-state index < -0.39 is 0 Å². The van der Waals surface area contributed by atoms with Gasteiger partial charge in [-0.2, -0.15) is 0 Å². The SMILES string of the molecule is Cc1cnc(C(C)NCCCC2CCCCN2)s1. The van der Waals surface area contributed by atoms with Crippen molar-refractivity contribution in [1.82, 2.24) is 15.6 Å². The molecule has 0 amide bonds. The average Bonchev–Trinajstić information content (AvgIpc) is 2.82. The number of nitrogens with one attached hydrogen (secondary N) is 2. The van der Waals surface area contributed by atoms with Gasteiger partial charge in [-0.1, -0.05) is 6.42 Å². The van der Waals surface area contributed by atoms with E-state index in [1.807, 2.05) is 6.20 Å². The van der Waals surface area contributed by atoms with Gasteiger partial charge in [-0.3, -0.25) is 0 Å². The van der Waals surface area contributed by atoms with E-state index in [9.17, 15) is 0 Å². The summed E-state index contributed by atoms with van der Waals surface area (Å²) in [6.07, 6.45) is 8.64. The largest absolute Gasteiger partial charge is 0.314 e. The highest BCUT2D eigenvalue weighted by Gasteiger charge is 2.12. The average molecular weight is 267 g/mol. The lowest BCUT2D eigenvalue weighted by Crippen LogP contribution is -2.34. The Labute approximate surface area is 114 Å². The van der Waals surface area contributed by atoms with Crippen molar-refractivity contribution in [2.75, 3.05) is 13.1 Å². The predicted octanol–water partition coefficient (Wildman–Crippen LogP) is 3.02. The topological polar surface area (TPSA) is 37.0 Å². The molecule has 18 heavy (non-hydrogen) atoms. The van der Waals surface area contributed by atoms with Crippen molar-refractivity contribution in [3.05, 3.63) is 16.1 Å². The Kier molecular flexibility index (Phi) is 5.60. The summed E-state index contributed by atoms with van der Waals surface area (Å²) in [4.78, 5) is 5.72. The zero-order valence-electron chi connectivity index (χ0n) is 11.5. The molecule has 0 radical (unpaired) electrons. The van der Waals surface area contributed by atoms with E-state index >= 15 is 0 Å². The van der Waals surface area contributed by atoms with E-state index in [2.05, 4.69) is 29.5 Å². The Bertz CT molecular complexity index is 345. The number of hydrogen-bond acceptors (Lipinski definition) is 4. The number of aryl methyl sites for hydroxylation is 1. The smallest absolute Gasteiger partial charge is 0.109 e. The zero-order valence-corrected chi connectivity index (χ0v) is 12.4. The number of thiazole rings is 1. The molecule has 3 nitrogen and oxygen atoms in total. The van der Waals surface area contributed by atoms with Crippen LogP contribution in [-0.2, 0) is 0 Å². The Balaban J connectivity index is 1.60. The van der Waals surface area contributed by atoms with Crippen LogP contribution in [-0.4, -0.2) is 24.1 Å². The fourth-order valence-corrected chi connectivity index (χ4v) is 3.30. The molecule has 1 fully saturated rings. The first-order chi connectivity index (χ1) is 8.75. The van der Waals surface area contributed by atoms with Gasteiger partial charge in [-0.15, -0.1) is 11.3 Å². The van der Waals surface area contributed by atoms with Crippen LogP contribution in [0.3, 0.4) is 0 Å². The molecule has 0 spiro atoms. The molecule has 1 aromatic heterocycles. The Morgan fingerprint density at radius 1 is 1.56 bits per heavy atom. The first kappa shape index (κ1) is 14.0. The minimum atomic E-state index is 0.392. The van der Waals surface area contributed by atoms with E-state index in [1.165, 1.54) is 48.5 Å². The van der Waals surface area contributed by atoms with Gasteiger partial charge in [-0.25, -0.2) is 4.98 Å². The fraction of sp³-hybridized carbons (Fsp3) is 0.786. The van der Waals surface area contributed by atoms with E-state index in [-0.39, 0.29) is 0 Å². The van der Waals surface area contributed by atoms with Crippen molar-refractivity contribution < 1.29 is 0 Å². The molecular weight excluding hydrogens is 242 g/mol. The van der Waals surface area contributed by atoms with Crippen LogP contribution in [0.15, 0.2) is 6.20 Å². The molecule has 1 aliphatic rings. The number of rotatable bonds is 6. The molecule has 2 rings (SSSR count). The molecule has 1 aromatic rings. The van der Waals surface area contributed by atoms with Gasteiger partial charge in [0.15, 0.2) is 0 Å². The third kappa shape index (κ3) is 4.34. The zero-order chi connectivity index (χ0) is 12.8. The van der Waals surface area contributed by atoms with E-state index in [0.29, 0.717) is 6.04 Å².